The fourth-order valence-electron chi connectivity index (χ4n) is 8.98. The molecular weight excluding hydrogens is 604 g/mol. The van der Waals surface area contributed by atoms with Gasteiger partial charge in [0.15, 0.2) is 0 Å². The summed E-state index contributed by atoms with van der Waals surface area (Å²) < 4.78 is 0.858. The summed E-state index contributed by atoms with van der Waals surface area (Å²) in [4.78, 5) is 61.1. The van der Waals surface area contributed by atoms with Crippen molar-refractivity contribution in [3.8, 4) is 0 Å². The van der Waals surface area contributed by atoms with Crippen LogP contribution in [0.25, 0.3) is 0 Å². The van der Waals surface area contributed by atoms with Gasteiger partial charge in [-0.25, -0.2) is 9.80 Å². The lowest BCUT2D eigenvalue weighted by Gasteiger charge is -2.53. The van der Waals surface area contributed by atoms with Crippen LogP contribution in [-0.2, 0) is 24.6 Å². The Bertz CT molecular complexity index is 1680. The minimum Gasteiger partial charge on any atom is -0.274 e. The third-order valence-electron chi connectivity index (χ3n) is 10.2. The third kappa shape index (κ3) is 3.57. The molecule has 1 saturated carbocycles. The van der Waals surface area contributed by atoms with Crippen LogP contribution in [-0.4, -0.2) is 23.6 Å². The average Bonchev–Trinajstić information content (AvgIpc) is 3.36. The van der Waals surface area contributed by atoms with E-state index < -0.39 is 35.0 Å². The predicted octanol–water partition coefficient (Wildman–Crippen LogP) is 6.35. The summed E-state index contributed by atoms with van der Waals surface area (Å²) in [6, 6.07) is 15.5. The zero-order valence-electron chi connectivity index (χ0n) is 25.1. The molecule has 218 valence electrons. The molecule has 0 radical (unpaired) electrons. The number of aryl methyl sites for hydroxylation is 6. The van der Waals surface area contributed by atoms with Gasteiger partial charge in [0.1, 0.15) is 0 Å². The van der Waals surface area contributed by atoms with Gasteiger partial charge >= 0.3 is 0 Å². The first-order chi connectivity index (χ1) is 20.4. The highest BCUT2D eigenvalue weighted by atomic mass is 79.9. The molecule has 0 aromatic heterocycles. The molecule has 2 aliphatic heterocycles. The molecule has 0 N–H and O–H groups in total. The number of carbonyl (C=O) groups is 4. The number of hydrogen-bond acceptors (Lipinski definition) is 4. The van der Waals surface area contributed by atoms with Crippen LogP contribution in [0.5, 0.6) is 0 Å². The highest BCUT2D eigenvalue weighted by Gasteiger charge is 2.75. The Labute approximate surface area is 259 Å². The van der Waals surface area contributed by atoms with E-state index in [0.29, 0.717) is 11.4 Å². The van der Waals surface area contributed by atoms with E-state index in [9.17, 15) is 19.2 Å². The van der Waals surface area contributed by atoms with Crippen molar-refractivity contribution >= 4 is 50.9 Å². The number of allylic oxidation sites excluding steroid dienone is 2. The molecule has 3 aromatic carbocycles. The molecule has 8 rings (SSSR count). The van der Waals surface area contributed by atoms with Gasteiger partial charge in [-0.3, -0.25) is 19.2 Å². The van der Waals surface area contributed by atoms with Crippen LogP contribution in [0.1, 0.15) is 38.9 Å². The van der Waals surface area contributed by atoms with Gasteiger partial charge in [0.25, 0.3) is 0 Å². The molecular formula is C36H33BrN2O4. The lowest BCUT2D eigenvalue weighted by molar-refractivity contribution is -0.140. The summed E-state index contributed by atoms with van der Waals surface area (Å²) in [7, 11) is 0. The number of rotatable bonds is 3. The largest absolute Gasteiger partial charge is 0.274 e. The lowest BCUT2D eigenvalue weighted by Crippen LogP contribution is -2.60. The number of imide groups is 2. The fraction of sp³-hybridized carbons (Fsp3) is 0.333. The zero-order valence-corrected chi connectivity index (χ0v) is 26.7. The zero-order chi connectivity index (χ0) is 30.7. The van der Waals surface area contributed by atoms with E-state index in [0.717, 1.165) is 43.4 Å². The van der Waals surface area contributed by atoms with Crippen LogP contribution in [0, 0.1) is 71.1 Å². The summed E-state index contributed by atoms with van der Waals surface area (Å²) in [5.74, 6) is -4.87. The second-order valence-electron chi connectivity index (χ2n) is 12.9. The number of halogens is 1. The first-order valence-electron chi connectivity index (χ1n) is 14.7. The van der Waals surface area contributed by atoms with Gasteiger partial charge in [-0.05, 0) is 81.5 Å². The van der Waals surface area contributed by atoms with Gasteiger partial charge in [0.2, 0.25) is 23.6 Å². The number of nitrogens with zero attached hydrogens (tertiary/aromatic N) is 2. The maximum atomic E-state index is 14.7. The number of hydrogen-bond donors (Lipinski definition) is 0. The number of carbonyl (C=O) groups excluding carboxylic acids is 4. The van der Waals surface area contributed by atoms with E-state index in [1.165, 1.54) is 9.80 Å². The van der Waals surface area contributed by atoms with Crippen LogP contribution in [0.4, 0.5) is 11.4 Å². The molecule has 3 fully saturated rings. The molecule has 6 nitrogen and oxygen atoms in total. The molecule has 3 aromatic rings. The maximum Gasteiger partial charge on any atom is 0.238 e. The monoisotopic (exact) mass is 636 g/mol. The minimum atomic E-state index is -1.16. The second kappa shape index (κ2) is 9.33. The Balaban J connectivity index is 1.45. The Hall–Kier alpha value is -3.84. The molecule has 2 heterocycles. The molecule has 2 unspecified atom stereocenters. The molecule has 7 heteroatoms. The van der Waals surface area contributed by atoms with Gasteiger partial charge in [0, 0.05) is 15.8 Å². The van der Waals surface area contributed by atoms with Crippen LogP contribution < -0.4 is 9.80 Å². The van der Waals surface area contributed by atoms with Gasteiger partial charge in [0.05, 0.1) is 35.0 Å². The second-order valence-corrected chi connectivity index (χ2v) is 13.8. The van der Waals surface area contributed by atoms with Crippen molar-refractivity contribution in [2.24, 2.45) is 29.6 Å². The van der Waals surface area contributed by atoms with E-state index >= 15 is 0 Å². The van der Waals surface area contributed by atoms with Crippen molar-refractivity contribution in [1.29, 1.82) is 0 Å². The summed E-state index contributed by atoms with van der Waals surface area (Å²) in [5, 5.41) is 0. The number of amides is 4. The lowest BCUT2D eigenvalue weighted by atomic mass is 9.45. The molecule has 0 spiro atoms. The van der Waals surface area contributed by atoms with Gasteiger partial charge < -0.3 is 0 Å². The van der Waals surface area contributed by atoms with Crippen LogP contribution >= 0.6 is 15.9 Å². The SMILES string of the molecule is Cc1cc(C)c(N2C(=O)[C@@H]3C4C=CC(c5ccc(Br)cc5)([C@H]3C2=O)[C@H]2C(=O)N(c3c(C)cc(C)cc3C)C(=O)[C@@H]42)c(C)c1. The Morgan fingerprint density at radius 3 is 1.40 bits per heavy atom. The van der Waals surface area contributed by atoms with Crippen LogP contribution in [0.2, 0.25) is 0 Å². The maximum absolute atomic E-state index is 14.7. The standard InChI is InChI=1S/C36H33BrN2O4/c1-17-13-19(3)30(20(4)14-17)38-32(40)26-25-11-12-36(28(26)34(38)42,23-7-9-24(37)10-8-23)29-27(25)33(41)39(35(29)43)31-21(5)15-18(2)16-22(31)6/h7-16,25-29H,1-6H3/t25?,26-,27+,28-,29-,36?/m1/s1. The molecule has 2 bridgehead atoms. The van der Waals surface area contributed by atoms with Crippen molar-refractivity contribution in [2.75, 3.05) is 9.80 Å². The van der Waals surface area contributed by atoms with Gasteiger partial charge in [-0.1, -0.05) is 75.6 Å². The smallest absolute Gasteiger partial charge is 0.238 e. The third-order valence-corrected chi connectivity index (χ3v) is 10.7. The minimum absolute atomic E-state index is 0.291. The van der Waals surface area contributed by atoms with Crippen LogP contribution in [0.3, 0.4) is 0 Å². The molecule has 4 amide bonds. The normalized spacial score (nSPS) is 29.1. The quantitative estimate of drug-likeness (QED) is 0.248. The van der Waals surface area contributed by atoms with E-state index in [2.05, 4.69) is 15.9 Å². The van der Waals surface area contributed by atoms with E-state index in [-0.39, 0.29) is 23.6 Å². The number of anilines is 2. The van der Waals surface area contributed by atoms with Crippen molar-refractivity contribution < 1.29 is 19.2 Å². The van der Waals surface area contributed by atoms with E-state index in [1.54, 1.807) is 0 Å². The van der Waals surface area contributed by atoms with Crippen molar-refractivity contribution in [3.63, 3.8) is 0 Å². The predicted molar refractivity (Wildman–Crippen MR) is 169 cm³/mol. The summed E-state index contributed by atoms with van der Waals surface area (Å²) in [5.41, 5.74) is 6.31. The highest BCUT2D eigenvalue weighted by Crippen LogP contribution is 2.65. The highest BCUT2D eigenvalue weighted by molar-refractivity contribution is 9.10. The van der Waals surface area contributed by atoms with E-state index in [4.69, 9.17) is 0 Å². The number of benzene rings is 3. The van der Waals surface area contributed by atoms with Gasteiger partial charge in [-0.2, -0.15) is 0 Å². The van der Waals surface area contributed by atoms with Crippen molar-refractivity contribution in [1.82, 2.24) is 0 Å². The van der Waals surface area contributed by atoms with E-state index in [1.807, 2.05) is 102 Å². The molecule has 3 aliphatic carbocycles. The first kappa shape index (κ1) is 28.0. The summed E-state index contributed by atoms with van der Waals surface area (Å²) in [6.45, 7) is 11.7. The topological polar surface area (TPSA) is 74.8 Å². The Kier molecular flexibility index (Phi) is 6.07. The summed E-state index contributed by atoms with van der Waals surface area (Å²) in [6.07, 6.45) is 3.91. The molecule has 2 saturated heterocycles. The Morgan fingerprint density at radius 1 is 0.605 bits per heavy atom. The average molecular weight is 638 g/mol. The Morgan fingerprint density at radius 2 is 1.00 bits per heavy atom. The first-order valence-corrected chi connectivity index (χ1v) is 15.5. The molecule has 6 atom stereocenters. The molecule has 5 aliphatic rings. The summed E-state index contributed by atoms with van der Waals surface area (Å²) >= 11 is 3.52. The van der Waals surface area contributed by atoms with Crippen LogP contribution in [0.15, 0.2) is 65.2 Å². The molecule has 43 heavy (non-hydrogen) atoms. The fourth-order valence-corrected chi connectivity index (χ4v) is 9.25. The van der Waals surface area contributed by atoms with Crippen molar-refractivity contribution in [3.05, 3.63) is 104 Å². The van der Waals surface area contributed by atoms with Gasteiger partial charge in [-0.15, -0.1) is 0 Å². The van der Waals surface area contributed by atoms with Crippen molar-refractivity contribution in [2.45, 2.75) is 47.0 Å².